The van der Waals surface area contributed by atoms with Crippen LogP contribution in [-0.2, 0) is 4.74 Å². The lowest BCUT2D eigenvalue weighted by molar-refractivity contribution is 0.277. The molecule has 0 unspecified atom stereocenters. The summed E-state index contributed by atoms with van der Waals surface area (Å²) in [4.78, 5) is 0. The first-order chi connectivity index (χ1) is 8.34. The Bertz CT molecular complexity index is 87.4. The van der Waals surface area contributed by atoms with Crippen LogP contribution < -0.4 is 0 Å². The third kappa shape index (κ3) is 29700. The summed E-state index contributed by atoms with van der Waals surface area (Å²) in [6.07, 6.45) is 0. The van der Waals surface area contributed by atoms with Crippen molar-refractivity contribution in [2.45, 2.75) is 0 Å². The lowest BCUT2D eigenvalue weighted by Crippen LogP contribution is -1.98. The van der Waals surface area contributed by atoms with Gasteiger partial charge in [-0.05, 0) is 0 Å². The summed E-state index contributed by atoms with van der Waals surface area (Å²) in [5, 5.41) is 55.6. The molecule has 0 heterocycles. The van der Waals surface area contributed by atoms with Gasteiger partial charge in [-0.1, -0.05) is 0 Å². The molecule has 0 aromatic rings. The van der Waals surface area contributed by atoms with E-state index in [9.17, 15) is 17.3 Å². The zero-order chi connectivity index (χ0) is 17.0. The van der Waals surface area contributed by atoms with Gasteiger partial charge >= 0.3 is 29.6 Å². The highest BCUT2D eigenvalue weighted by Crippen LogP contribution is 1.58. The predicted molar refractivity (Wildman–Crippen MR) is 58.1 cm³/mol. The number of hydrogen-bond donors (Lipinski definition) is 8. The average molecular weight is 301 g/mol. The van der Waals surface area contributed by atoms with Gasteiger partial charge in [-0.3, -0.25) is 17.3 Å². The van der Waals surface area contributed by atoms with E-state index >= 15 is 0 Å². The van der Waals surface area contributed by atoms with E-state index in [1.54, 1.807) is 14.2 Å². The predicted octanol–water partition coefficient (Wildman–Crippen LogP) is -4.04. The van der Waals surface area contributed by atoms with Crippen molar-refractivity contribution >= 4 is 29.6 Å². The van der Waals surface area contributed by atoms with Crippen molar-refractivity contribution in [2.75, 3.05) is 14.2 Å². The summed E-state index contributed by atoms with van der Waals surface area (Å²) < 4.78 is 44.7. The fourth-order valence-corrected chi connectivity index (χ4v) is 0. The first-order valence-electron chi connectivity index (χ1n) is 3.75. The highest BCUT2D eigenvalue weighted by Gasteiger charge is 1.98. The molecule has 0 bridgehead atoms. The van der Waals surface area contributed by atoms with Crippen LogP contribution in [-0.4, -0.2) is 84.0 Å². The van der Waals surface area contributed by atoms with Gasteiger partial charge < -0.3 is 44.9 Å². The lowest BCUT2D eigenvalue weighted by atomic mass is 10.3. The van der Waals surface area contributed by atoms with E-state index in [0.717, 1.165) is 0 Å². The fraction of sp³-hybridized carbons (Fsp3) is 1.00. The van der Waals surface area contributed by atoms with E-state index in [1.165, 1.54) is 0 Å². The molecule has 0 aliphatic carbocycles. The first kappa shape index (κ1) is 31.2. The summed E-state index contributed by atoms with van der Waals surface area (Å²) in [5.74, 6) is 0. The smallest absolute Gasteiger partial charge is 0.398 e. The molecular weight excluding hydrogens is 287 g/mol. The maximum Gasteiger partial charge on any atom is 0.674 e. The van der Waals surface area contributed by atoms with Crippen LogP contribution in [0.4, 0.5) is 17.3 Å². The van der Waals surface area contributed by atoms with E-state index in [4.69, 9.17) is 40.2 Å². The van der Waals surface area contributed by atoms with Crippen molar-refractivity contribution in [3.63, 3.8) is 0 Å². The molecule has 0 saturated carbocycles. The normalized spacial score (nSPS) is 6.63. The second kappa shape index (κ2) is 30.6. The third-order valence-corrected chi connectivity index (χ3v) is 0. The molecule has 0 fully saturated rings. The molecule has 0 aromatic heterocycles. The molecule has 0 aliphatic rings. The topological polar surface area (TPSA) is 171 Å². The minimum absolute atomic E-state index is 1.62. The Balaban J connectivity index is -0.0000000432. The molecule has 0 aliphatic heterocycles. The summed E-state index contributed by atoms with van der Waals surface area (Å²) in [5.41, 5.74) is 0. The van der Waals surface area contributed by atoms with Crippen molar-refractivity contribution in [1.29, 1.82) is 0 Å². The summed E-state index contributed by atoms with van der Waals surface area (Å²) in [6.45, 7) is 0. The standard InChI is InChI=1S/C2H6O.4BFH2O2/c1-3-2;4*2-1(3)4/h1-2H3;4*3-4H. The maximum absolute atomic E-state index is 10.1. The number of methoxy groups -OCH3 is 1. The third-order valence-electron chi connectivity index (χ3n) is 0. The Morgan fingerprint density at radius 1 is 0.526 bits per heavy atom. The van der Waals surface area contributed by atoms with Crippen LogP contribution >= 0.6 is 0 Å². The number of rotatable bonds is 0. The molecule has 116 valence electrons. The summed E-state index contributed by atoms with van der Waals surface area (Å²) >= 11 is 0. The first-order valence-corrected chi connectivity index (χ1v) is 3.75. The molecule has 0 amide bonds. The van der Waals surface area contributed by atoms with Gasteiger partial charge in [0.05, 0.1) is 0 Å². The Kier molecular flexibility index (Phi) is 50.1. The van der Waals surface area contributed by atoms with Crippen LogP contribution in [0.25, 0.3) is 0 Å². The van der Waals surface area contributed by atoms with Crippen LogP contribution in [0.1, 0.15) is 0 Å². The van der Waals surface area contributed by atoms with E-state index < -0.39 is 29.6 Å². The highest BCUT2D eigenvalue weighted by atomic mass is 19.1. The van der Waals surface area contributed by atoms with Crippen molar-refractivity contribution < 1.29 is 62.2 Å². The number of hydrogen-bond acceptors (Lipinski definition) is 9. The summed E-state index contributed by atoms with van der Waals surface area (Å²) in [6, 6.07) is 0. The molecule has 0 atom stereocenters. The summed E-state index contributed by atoms with van der Waals surface area (Å²) in [7, 11) is -7.42. The molecule has 17 heteroatoms. The van der Waals surface area contributed by atoms with Gasteiger partial charge in [-0.15, -0.1) is 0 Å². The van der Waals surface area contributed by atoms with E-state index in [1.807, 2.05) is 0 Å². The van der Waals surface area contributed by atoms with E-state index in [-0.39, 0.29) is 0 Å². The molecule has 19 heavy (non-hydrogen) atoms. The van der Waals surface area contributed by atoms with E-state index in [2.05, 4.69) is 4.74 Å². The minimum atomic E-state index is -2.67. The highest BCUT2D eigenvalue weighted by molar-refractivity contribution is 6.32. The Labute approximate surface area is 107 Å². The SMILES string of the molecule is COC.OB(O)F.OB(O)F.OB(O)F.OB(O)F. The Hall–Kier alpha value is -0.380. The minimum Gasteiger partial charge on any atom is -0.398 e. The van der Waals surface area contributed by atoms with Gasteiger partial charge in [0.25, 0.3) is 0 Å². The molecule has 0 saturated heterocycles. The van der Waals surface area contributed by atoms with Crippen LogP contribution in [0.15, 0.2) is 0 Å². The van der Waals surface area contributed by atoms with Crippen molar-refractivity contribution in [3.05, 3.63) is 0 Å². The molecule has 0 aromatic carbocycles. The maximum atomic E-state index is 10.1. The molecule has 0 radical (unpaired) electrons. The van der Waals surface area contributed by atoms with E-state index in [0.29, 0.717) is 0 Å². The van der Waals surface area contributed by atoms with Gasteiger partial charge in [-0.25, -0.2) is 0 Å². The average Bonchev–Trinajstić information content (AvgIpc) is 1.97. The molecule has 0 rings (SSSR count). The van der Waals surface area contributed by atoms with Gasteiger partial charge in [0.2, 0.25) is 0 Å². The second-order valence-electron chi connectivity index (χ2n) is 1.65. The van der Waals surface area contributed by atoms with Gasteiger partial charge in [0.15, 0.2) is 0 Å². The van der Waals surface area contributed by atoms with Crippen LogP contribution in [0.3, 0.4) is 0 Å². The number of ether oxygens (including phenoxy) is 1. The van der Waals surface area contributed by atoms with Crippen LogP contribution in [0.5, 0.6) is 0 Å². The van der Waals surface area contributed by atoms with Crippen LogP contribution in [0, 0.1) is 0 Å². The van der Waals surface area contributed by atoms with Crippen molar-refractivity contribution in [1.82, 2.24) is 0 Å². The number of halogens is 4. The zero-order valence-electron chi connectivity index (χ0n) is 9.81. The lowest BCUT2D eigenvalue weighted by Gasteiger charge is -1.65. The van der Waals surface area contributed by atoms with Crippen molar-refractivity contribution in [2.24, 2.45) is 0 Å². The largest absolute Gasteiger partial charge is 0.674 e. The molecular formula is C2H14B4F4O9. The molecule has 0 spiro atoms. The fourth-order valence-electron chi connectivity index (χ4n) is 0. The monoisotopic (exact) mass is 302 g/mol. The Morgan fingerprint density at radius 2 is 0.526 bits per heavy atom. The Morgan fingerprint density at radius 3 is 0.526 bits per heavy atom. The van der Waals surface area contributed by atoms with Gasteiger partial charge in [0.1, 0.15) is 0 Å². The molecule has 8 N–H and O–H groups in total. The van der Waals surface area contributed by atoms with Gasteiger partial charge in [-0.2, -0.15) is 0 Å². The van der Waals surface area contributed by atoms with Crippen molar-refractivity contribution in [3.8, 4) is 0 Å². The zero-order valence-corrected chi connectivity index (χ0v) is 9.81. The second-order valence-corrected chi connectivity index (χ2v) is 1.65. The quantitative estimate of drug-likeness (QED) is 0.164. The van der Waals surface area contributed by atoms with Gasteiger partial charge in [0, 0.05) is 14.2 Å². The molecule has 9 nitrogen and oxygen atoms in total. The van der Waals surface area contributed by atoms with Crippen LogP contribution in [0.2, 0.25) is 0 Å².